The Morgan fingerprint density at radius 1 is 1.26 bits per heavy atom. The van der Waals surface area contributed by atoms with Gasteiger partial charge in [0.1, 0.15) is 11.5 Å². The molecule has 23 heavy (non-hydrogen) atoms. The van der Waals surface area contributed by atoms with Gasteiger partial charge in [-0.05, 0) is 55.3 Å². The maximum absolute atomic E-state index is 11.8. The summed E-state index contributed by atoms with van der Waals surface area (Å²) in [6, 6.07) is 13.5. The van der Waals surface area contributed by atoms with Gasteiger partial charge < -0.3 is 20.5 Å². The zero-order valence-corrected chi connectivity index (χ0v) is 13.5. The first kappa shape index (κ1) is 17.0. The van der Waals surface area contributed by atoms with Crippen molar-refractivity contribution in [1.82, 2.24) is 10.6 Å². The fraction of sp³-hybridized carbons (Fsp3) is 0.235. The number of ether oxygens (including phenoxy) is 1. The Morgan fingerprint density at radius 3 is 2.70 bits per heavy atom. The van der Waals surface area contributed by atoms with E-state index in [0.717, 1.165) is 5.56 Å². The van der Waals surface area contributed by atoms with Crippen LogP contribution in [0.4, 0.5) is 4.79 Å². The molecule has 0 aliphatic heterocycles. The molecule has 3 N–H and O–H groups in total. The van der Waals surface area contributed by atoms with Crippen molar-refractivity contribution in [2.45, 2.75) is 19.6 Å². The minimum absolute atomic E-state index is 0.164. The molecule has 0 radical (unpaired) electrons. The fourth-order valence-corrected chi connectivity index (χ4v) is 2.22. The van der Waals surface area contributed by atoms with Crippen molar-refractivity contribution in [3.05, 3.63) is 59.1 Å². The van der Waals surface area contributed by atoms with Gasteiger partial charge in [0.25, 0.3) is 0 Å². The summed E-state index contributed by atoms with van der Waals surface area (Å²) in [5.41, 5.74) is 1.06. The van der Waals surface area contributed by atoms with Crippen LogP contribution in [0.15, 0.2) is 48.5 Å². The molecule has 0 aliphatic rings. The predicted octanol–water partition coefficient (Wildman–Crippen LogP) is 3.31. The van der Waals surface area contributed by atoms with Crippen LogP contribution in [0.3, 0.4) is 0 Å². The SMILES string of the molecule is CC(NC(=O)NCCc1cccc(Cl)c1)Oc1ccc(O)cc1. The third-order valence-electron chi connectivity index (χ3n) is 3.07. The third kappa shape index (κ3) is 6.08. The van der Waals surface area contributed by atoms with Gasteiger partial charge in [-0.3, -0.25) is 0 Å². The summed E-state index contributed by atoms with van der Waals surface area (Å²) in [5, 5.41) is 15.3. The Kier molecular flexibility index (Phi) is 6.11. The minimum Gasteiger partial charge on any atom is -0.508 e. The van der Waals surface area contributed by atoms with E-state index in [0.29, 0.717) is 23.7 Å². The molecule has 0 aliphatic carbocycles. The zero-order chi connectivity index (χ0) is 16.7. The van der Waals surface area contributed by atoms with E-state index in [1.165, 1.54) is 12.1 Å². The molecule has 0 aromatic heterocycles. The van der Waals surface area contributed by atoms with E-state index in [1.54, 1.807) is 19.1 Å². The summed E-state index contributed by atoms with van der Waals surface area (Å²) in [6.07, 6.45) is 0.201. The van der Waals surface area contributed by atoms with Crippen LogP contribution < -0.4 is 15.4 Å². The smallest absolute Gasteiger partial charge is 0.317 e. The molecule has 0 spiro atoms. The van der Waals surface area contributed by atoms with Crippen LogP contribution in [0.5, 0.6) is 11.5 Å². The van der Waals surface area contributed by atoms with E-state index in [9.17, 15) is 9.90 Å². The monoisotopic (exact) mass is 334 g/mol. The number of nitrogens with one attached hydrogen (secondary N) is 2. The lowest BCUT2D eigenvalue weighted by Crippen LogP contribution is -2.43. The average molecular weight is 335 g/mol. The number of rotatable bonds is 6. The van der Waals surface area contributed by atoms with E-state index < -0.39 is 6.23 Å². The first-order valence-electron chi connectivity index (χ1n) is 7.27. The van der Waals surface area contributed by atoms with Gasteiger partial charge in [0.15, 0.2) is 6.23 Å². The van der Waals surface area contributed by atoms with Crippen LogP contribution in [0, 0.1) is 0 Å². The largest absolute Gasteiger partial charge is 0.508 e. The van der Waals surface area contributed by atoms with Crippen LogP contribution in [-0.4, -0.2) is 23.9 Å². The molecular weight excluding hydrogens is 316 g/mol. The quantitative estimate of drug-likeness (QED) is 0.710. The van der Waals surface area contributed by atoms with Crippen molar-refractivity contribution in [1.29, 1.82) is 0 Å². The van der Waals surface area contributed by atoms with Gasteiger partial charge in [0.05, 0.1) is 0 Å². The second kappa shape index (κ2) is 8.29. The normalized spacial score (nSPS) is 11.6. The van der Waals surface area contributed by atoms with Gasteiger partial charge >= 0.3 is 6.03 Å². The molecule has 0 fully saturated rings. The number of benzene rings is 2. The number of halogens is 1. The van der Waals surface area contributed by atoms with E-state index in [-0.39, 0.29) is 11.8 Å². The van der Waals surface area contributed by atoms with E-state index in [2.05, 4.69) is 10.6 Å². The second-order valence-corrected chi connectivity index (χ2v) is 5.47. The number of phenols is 1. The Morgan fingerprint density at radius 2 is 2.00 bits per heavy atom. The van der Waals surface area contributed by atoms with Crippen molar-refractivity contribution in [3.8, 4) is 11.5 Å². The molecule has 0 saturated carbocycles. The van der Waals surface area contributed by atoms with Gasteiger partial charge in [-0.15, -0.1) is 0 Å². The number of phenolic OH excluding ortho intramolecular Hbond substituents is 1. The highest BCUT2D eigenvalue weighted by Gasteiger charge is 2.08. The van der Waals surface area contributed by atoms with Crippen LogP contribution in [0.2, 0.25) is 5.02 Å². The van der Waals surface area contributed by atoms with E-state index in [1.807, 2.05) is 24.3 Å². The highest BCUT2D eigenvalue weighted by molar-refractivity contribution is 6.30. The first-order chi connectivity index (χ1) is 11.0. The minimum atomic E-state index is -0.495. The zero-order valence-electron chi connectivity index (χ0n) is 12.8. The molecule has 2 aromatic rings. The number of amides is 2. The second-order valence-electron chi connectivity index (χ2n) is 5.03. The molecule has 2 aromatic carbocycles. The summed E-state index contributed by atoms with van der Waals surface area (Å²) in [7, 11) is 0. The Bertz CT molecular complexity index is 647. The highest BCUT2D eigenvalue weighted by atomic mass is 35.5. The van der Waals surface area contributed by atoms with Crippen LogP contribution >= 0.6 is 11.6 Å². The molecule has 0 bridgehead atoms. The number of carbonyl (C=O) groups is 1. The maximum atomic E-state index is 11.8. The van der Waals surface area contributed by atoms with E-state index >= 15 is 0 Å². The molecule has 0 heterocycles. The summed E-state index contributed by atoms with van der Waals surface area (Å²) in [6.45, 7) is 2.22. The van der Waals surface area contributed by atoms with Crippen molar-refractivity contribution in [3.63, 3.8) is 0 Å². The molecule has 2 rings (SSSR count). The number of hydrogen-bond donors (Lipinski definition) is 3. The van der Waals surface area contributed by atoms with Crippen molar-refractivity contribution in [2.75, 3.05) is 6.54 Å². The Balaban J connectivity index is 1.70. The van der Waals surface area contributed by atoms with Gasteiger partial charge in [-0.2, -0.15) is 0 Å². The first-order valence-corrected chi connectivity index (χ1v) is 7.65. The highest BCUT2D eigenvalue weighted by Crippen LogP contribution is 2.16. The Labute approximate surface area is 140 Å². The van der Waals surface area contributed by atoms with Crippen molar-refractivity contribution >= 4 is 17.6 Å². The van der Waals surface area contributed by atoms with Crippen molar-refractivity contribution in [2.24, 2.45) is 0 Å². The predicted molar refractivity (Wildman–Crippen MR) is 89.9 cm³/mol. The molecule has 2 amide bonds. The summed E-state index contributed by atoms with van der Waals surface area (Å²) >= 11 is 5.91. The number of urea groups is 1. The maximum Gasteiger partial charge on any atom is 0.317 e. The standard InChI is InChI=1S/C17H19ClN2O3/c1-12(23-16-7-5-15(21)6-8-16)20-17(22)19-10-9-13-3-2-4-14(18)11-13/h2-8,11-12,21H,9-10H2,1H3,(H2,19,20,22). The van der Waals surface area contributed by atoms with Crippen LogP contribution in [0.25, 0.3) is 0 Å². The van der Waals surface area contributed by atoms with Gasteiger partial charge in [0, 0.05) is 11.6 Å². The molecular formula is C17H19ClN2O3. The Hall–Kier alpha value is -2.40. The summed E-state index contributed by atoms with van der Waals surface area (Å²) in [5.74, 6) is 0.728. The lowest BCUT2D eigenvalue weighted by Gasteiger charge is -2.16. The lowest BCUT2D eigenvalue weighted by atomic mass is 10.1. The molecule has 0 saturated heterocycles. The fourth-order valence-electron chi connectivity index (χ4n) is 2.01. The summed E-state index contributed by atoms with van der Waals surface area (Å²) in [4.78, 5) is 11.8. The number of carbonyl (C=O) groups excluding carboxylic acids is 1. The van der Waals surface area contributed by atoms with Gasteiger partial charge in [0.2, 0.25) is 0 Å². The van der Waals surface area contributed by atoms with Crippen LogP contribution in [0.1, 0.15) is 12.5 Å². The molecule has 122 valence electrons. The summed E-state index contributed by atoms with van der Waals surface area (Å²) < 4.78 is 5.52. The van der Waals surface area contributed by atoms with Crippen LogP contribution in [-0.2, 0) is 6.42 Å². The third-order valence-corrected chi connectivity index (χ3v) is 3.31. The molecule has 6 heteroatoms. The molecule has 1 atom stereocenters. The lowest BCUT2D eigenvalue weighted by molar-refractivity contribution is 0.177. The molecule has 1 unspecified atom stereocenters. The number of aromatic hydroxyl groups is 1. The van der Waals surface area contributed by atoms with Gasteiger partial charge in [-0.25, -0.2) is 4.79 Å². The topological polar surface area (TPSA) is 70.6 Å². The average Bonchev–Trinajstić information content (AvgIpc) is 2.49. The molecule has 5 nitrogen and oxygen atoms in total. The van der Waals surface area contributed by atoms with Gasteiger partial charge in [-0.1, -0.05) is 23.7 Å². The van der Waals surface area contributed by atoms with E-state index in [4.69, 9.17) is 16.3 Å². The number of hydrogen-bond acceptors (Lipinski definition) is 3. The van der Waals surface area contributed by atoms with Crippen molar-refractivity contribution < 1.29 is 14.6 Å².